The van der Waals surface area contributed by atoms with Crippen LogP contribution in [0.1, 0.15) is 23.0 Å². The van der Waals surface area contributed by atoms with E-state index in [9.17, 15) is 18.0 Å². The Hall–Kier alpha value is -2.51. The van der Waals surface area contributed by atoms with Crippen molar-refractivity contribution in [3.05, 3.63) is 35.5 Å². The molecule has 0 aliphatic heterocycles. The minimum Gasteiger partial charge on any atom is -0.476 e. The quantitative estimate of drug-likeness (QED) is 0.935. The number of ether oxygens (including phenoxy) is 1. The summed E-state index contributed by atoms with van der Waals surface area (Å²) in [5, 5.41) is 12.4. The molecule has 0 saturated heterocycles. The van der Waals surface area contributed by atoms with E-state index in [0.29, 0.717) is 17.5 Å². The van der Waals surface area contributed by atoms with Gasteiger partial charge in [0, 0.05) is 11.1 Å². The molecular formula is C13H10F3NO4. The zero-order valence-electron chi connectivity index (χ0n) is 10.8. The fourth-order valence-electron chi connectivity index (χ4n) is 1.84. The number of hydrogen-bond acceptors (Lipinski definition) is 4. The maximum atomic E-state index is 12.1. The van der Waals surface area contributed by atoms with Crippen LogP contribution in [-0.4, -0.2) is 22.6 Å². The molecule has 8 heteroatoms. The molecule has 1 aromatic carbocycles. The standard InChI is InChI=1S/C13H10F3NO4/c1-2-9-10(12(18)19)17-21-11(9)7-3-5-8(6-4-7)20-13(14,15)16/h3-6H,2H2,1H3,(H,18,19). The summed E-state index contributed by atoms with van der Waals surface area (Å²) in [6.45, 7) is 1.73. The molecule has 5 nitrogen and oxygen atoms in total. The fraction of sp³-hybridized carbons (Fsp3) is 0.231. The minimum absolute atomic E-state index is 0.205. The van der Waals surface area contributed by atoms with Gasteiger partial charge in [0.2, 0.25) is 0 Å². The van der Waals surface area contributed by atoms with Gasteiger partial charge in [-0.1, -0.05) is 12.1 Å². The molecular weight excluding hydrogens is 291 g/mol. The van der Waals surface area contributed by atoms with Crippen LogP contribution in [0.2, 0.25) is 0 Å². The summed E-state index contributed by atoms with van der Waals surface area (Å²) in [6, 6.07) is 4.91. The second-order valence-electron chi connectivity index (χ2n) is 4.07. The number of carboxylic acid groups (broad SMARTS) is 1. The summed E-state index contributed by atoms with van der Waals surface area (Å²) < 4.78 is 44.9. The summed E-state index contributed by atoms with van der Waals surface area (Å²) in [4.78, 5) is 11.0. The average molecular weight is 301 g/mol. The van der Waals surface area contributed by atoms with Crippen LogP contribution >= 0.6 is 0 Å². The van der Waals surface area contributed by atoms with Gasteiger partial charge in [0.25, 0.3) is 0 Å². The molecule has 0 saturated carbocycles. The predicted octanol–water partition coefficient (Wildman–Crippen LogP) is 3.50. The summed E-state index contributed by atoms with van der Waals surface area (Å²) in [5.74, 6) is -1.38. The van der Waals surface area contributed by atoms with Gasteiger partial charge in [-0.2, -0.15) is 0 Å². The molecule has 21 heavy (non-hydrogen) atoms. The molecule has 2 rings (SSSR count). The van der Waals surface area contributed by atoms with E-state index in [4.69, 9.17) is 9.63 Å². The van der Waals surface area contributed by atoms with Gasteiger partial charge >= 0.3 is 12.3 Å². The zero-order valence-corrected chi connectivity index (χ0v) is 10.8. The van der Waals surface area contributed by atoms with Gasteiger partial charge in [0.15, 0.2) is 11.5 Å². The number of benzene rings is 1. The molecule has 1 heterocycles. The van der Waals surface area contributed by atoms with Crippen molar-refractivity contribution in [3.8, 4) is 17.1 Å². The van der Waals surface area contributed by atoms with Crippen molar-refractivity contribution >= 4 is 5.97 Å². The molecule has 0 spiro atoms. The number of aromatic carboxylic acids is 1. The maximum Gasteiger partial charge on any atom is 0.573 e. The highest BCUT2D eigenvalue weighted by Crippen LogP contribution is 2.30. The van der Waals surface area contributed by atoms with E-state index in [0.717, 1.165) is 12.1 Å². The third kappa shape index (κ3) is 3.33. The van der Waals surface area contributed by atoms with Crippen molar-refractivity contribution in [2.75, 3.05) is 0 Å². The summed E-state index contributed by atoms with van der Waals surface area (Å²) in [7, 11) is 0. The van der Waals surface area contributed by atoms with Gasteiger partial charge in [-0.05, 0) is 30.7 Å². The third-order valence-corrected chi connectivity index (χ3v) is 2.69. The van der Waals surface area contributed by atoms with Crippen LogP contribution in [0.25, 0.3) is 11.3 Å². The van der Waals surface area contributed by atoms with Crippen LogP contribution in [0.15, 0.2) is 28.8 Å². The third-order valence-electron chi connectivity index (χ3n) is 2.69. The van der Waals surface area contributed by atoms with Crippen molar-refractivity contribution in [1.82, 2.24) is 5.16 Å². The number of alkyl halides is 3. The van der Waals surface area contributed by atoms with Gasteiger partial charge in [-0.15, -0.1) is 13.2 Å². The summed E-state index contributed by atoms with van der Waals surface area (Å²) in [6.07, 6.45) is -4.40. The Bertz CT molecular complexity index is 646. The number of carboxylic acids is 1. The van der Waals surface area contributed by atoms with Crippen molar-refractivity contribution in [2.24, 2.45) is 0 Å². The predicted molar refractivity (Wildman–Crippen MR) is 65.0 cm³/mol. The van der Waals surface area contributed by atoms with Crippen LogP contribution in [0.5, 0.6) is 5.75 Å². The van der Waals surface area contributed by atoms with E-state index in [1.807, 2.05) is 0 Å². The summed E-state index contributed by atoms with van der Waals surface area (Å²) >= 11 is 0. The first-order valence-corrected chi connectivity index (χ1v) is 5.90. The Morgan fingerprint density at radius 1 is 1.33 bits per heavy atom. The topological polar surface area (TPSA) is 72.6 Å². The molecule has 0 atom stereocenters. The smallest absolute Gasteiger partial charge is 0.476 e. The number of aromatic nitrogens is 1. The molecule has 1 aromatic heterocycles. The first-order chi connectivity index (χ1) is 9.81. The molecule has 0 fully saturated rings. The number of halogens is 3. The Balaban J connectivity index is 2.33. The lowest BCUT2D eigenvalue weighted by Crippen LogP contribution is -2.16. The molecule has 0 aliphatic carbocycles. The molecule has 0 amide bonds. The summed E-state index contributed by atoms with van der Waals surface area (Å²) in [5.41, 5.74) is 0.594. The van der Waals surface area contributed by atoms with E-state index in [2.05, 4.69) is 9.89 Å². The van der Waals surface area contributed by atoms with Gasteiger partial charge in [-0.25, -0.2) is 4.79 Å². The highest BCUT2D eigenvalue weighted by atomic mass is 19.4. The van der Waals surface area contributed by atoms with Crippen molar-refractivity contribution in [1.29, 1.82) is 0 Å². The monoisotopic (exact) mass is 301 g/mol. The van der Waals surface area contributed by atoms with Crippen LogP contribution in [0.3, 0.4) is 0 Å². The lowest BCUT2D eigenvalue weighted by Gasteiger charge is -2.08. The highest BCUT2D eigenvalue weighted by Gasteiger charge is 2.31. The molecule has 0 aliphatic rings. The lowest BCUT2D eigenvalue weighted by molar-refractivity contribution is -0.274. The Kier molecular flexibility index (Phi) is 3.88. The second kappa shape index (κ2) is 5.47. The Morgan fingerprint density at radius 2 is 1.95 bits per heavy atom. The zero-order chi connectivity index (χ0) is 15.6. The van der Waals surface area contributed by atoms with Crippen LogP contribution in [0.4, 0.5) is 13.2 Å². The van der Waals surface area contributed by atoms with Crippen molar-refractivity contribution < 1.29 is 32.3 Å². The molecule has 112 valence electrons. The second-order valence-corrected chi connectivity index (χ2v) is 4.07. The van der Waals surface area contributed by atoms with Gasteiger partial charge < -0.3 is 14.4 Å². The highest BCUT2D eigenvalue weighted by molar-refractivity contribution is 5.89. The average Bonchev–Trinajstić information content (AvgIpc) is 2.81. The molecule has 0 unspecified atom stereocenters. The van der Waals surface area contributed by atoms with E-state index in [-0.39, 0.29) is 17.2 Å². The lowest BCUT2D eigenvalue weighted by atomic mass is 10.0. The Labute approximate surface area is 116 Å². The number of carbonyl (C=O) groups is 1. The van der Waals surface area contributed by atoms with Gasteiger partial charge in [0.05, 0.1) is 0 Å². The molecule has 0 bridgehead atoms. The number of nitrogens with zero attached hydrogens (tertiary/aromatic N) is 1. The normalized spacial score (nSPS) is 11.4. The van der Waals surface area contributed by atoms with E-state index < -0.39 is 12.3 Å². The van der Waals surface area contributed by atoms with E-state index >= 15 is 0 Å². The number of hydrogen-bond donors (Lipinski definition) is 1. The fourth-order valence-corrected chi connectivity index (χ4v) is 1.84. The van der Waals surface area contributed by atoms with Gasteiger partial charge in [0.1, 0.15) is 5.75 Å². The van der Waals surface area contributed by atoms with Crippen molar-refractivity contribution in [2.45, 2.75) is 19.7 Å². The van der Waals surface area contributed by atoms with E-state index in [1.54, 1.807) is 6.92 Å². The minimum atomic E-state index is -4.77. The maximum absolute atomic E-state index is 12.1. The molecule has 1 N–H and O–H groups in total. The number of rotatable bonds is 4. The molecule has 0 radical (unpaired) electrons. The van der Waals surface area contributed by atoms with Gasteiger partial charge in [-0.3, -0.25) is 0 Å². The van der Waals surface area contributed by atoms with Crippen LogP contribution in [-0.2, 0) is 6.42 Å². The molecule has 2 aromatic rings. The van der Waals surface area contributed by atoms with E-state index in [1.165, 1.54) is 12.1 Å². The van der Waals surface area contributed by atoms with Crippen molar-refractivity contribution in [3.63, 3.8) is 0 Å². The van der Waals surface area contributed by atoms with Crippen LogP contribution < -0.4 is 4.74 Å². The Morgan fingerprint density at radius 3 is 2.43 bits per heavy atom. The largest absolute Gasteiger partial charge is 0.573 e. The van der Waals surface area contributed by atoms with Crippen LogP contribution in [0, 0.1) is 0 Å². The SMILES string of the molecule is CCc1c(C(=O)O)noc1-c1ccc(OC(F)(F)F)cc1. The first-order valence-electron chi connectivity index (χ1n) is 5.90. The first kappa shape index (κ1) is 14.9.